The van der Waals surface area contributed by atoms with Crippen molar-refractivity contribution in [3.8, 4) is 0 Å². The zero-order valence-corrected chi connectivity index (χ0v) is 9.30. The fourth-order valence-electron chi connectivity index (χ4n) is 1.28. The molecule has 0 unspecified atom stereocenters. The van der Waals surface area contributed by atoms with Crippen LogP contribution in [-0.2, 0) is 0 Å². The van der Waals surface area contributed by atoms with Gasteiger partial charge in [-0.2, -0.15) is 0 Å². The van der Waals surface area contributed by atoms with Gasteiger partial charge in [0.25, 0.3) is 5.91 Å². The Morgan fingerprint density at radius 2 is 2.29 bits per heavy atom. The summed E-state index contributed by atoms with van der Waals surface area (Å²) in [4.78, 5) is 15.8. The van der Waals surface area contributed by atoms with Crippen molar-refractivity contribution in [2.45, 2.75) is 6.92 Å². The number of hydrogen-bond donors (Lipinski definition) is 2. The number of anilines is 2. The predicted octanol–water partition coefficient (Wildman–Crippen LogP) is 1.75. The van der Waals surface area contributed by atoms with Crippen LogP contribution in [-0.4, -0.2) is 22.6 Å². The third-order valence-electron chi connectivity index (χ3n) is 2.07. The quantitative estimate of drug-likeness (QED) is 0.839. The molecule has 0 saturated carbocycles. The lowest BCUT2D eigenvalue weighted by Gasteiger charge is -2.04. The predicted molar refractivity (Wildman–Crippen MR) is 62.9 cm³/mol. The Hall–Kier alpha value is -2.37. The molecule has 17 heavy (non-hydrogen) atoms. The molecule has 2 heterocycles. The summed E-state index contributed by atoms with van der Waals surface area (Å²) in [5, 5.41) is 9.18. The Morgan fingerprint density at radius 1 is 1.41 bits per heavy atom. The van der Waals surface area contributed by atoms with Crippen LogP contribution in [0.4, 0.5) is 11.5 Å². The number of aromatic nitrogens is 2. The fourth-order valence-corrected chi connectivity index (χ4v) is 1.28. The molecule has 2 rings (SSSR count). The summed E-state index contributed by atoms with van der Waals surface area (Å²) >= 11 is 0. The molecule has 0 bridgehead atoms. The highest BCUT2D eigenvalue weighted by molar-refractivity contribution is 6.03. The van der Waals surface area contributed by atoms with E-state index in [1.807, 2.05) is 6.92 Å². The summed E-state index contributed by atoms with van der Waals surface area (Å²) in [5.74, 6) is 0.498. The van der Waals surface area contributed by atoms with Crippen LogP contribution >= 0.6 is 0 Å². The number of pyridine rings is 1. The second kappa shape index (κ2) is 5.11. The topological polar surface area (TPSA) is 80.0 Å². The summed E-state index contributed by atoms with van der Waals surface area (Å²) in [5.41, 5.74) is 0.999. The Bertz CT molecular complexity index is 479. The third kappa shape index (κ3) is 2.81. The van der Waals surface area contributed by atoms with E-state index in [9.17, 15) is 4.79 Å². The van der Waals surface area contributed by atoms with Crippen molar-refractivity contribution in [1.82, 2.24) is 10.1 Å². The van der Waals surface area contributed by atoms with Crippen LogP contribution in [0.5, 0.6) is 0 Å². The van der Waals surface area contributed by atoms with Gasteiger partial charge >= 0.3 is 0 Å². The van der Waals surface area contributed by atoms with Crippen LogP contribution in [0.2, 0.25) is 0 Å². The molecule has 0 atom stereocenters. The lowest BCUT2D eigenvalue weighted by atomic mass is 10.2. The maximum Gasteiger partial charge on any atom is 0.257 e. The minimum absolute atomic E-state index is 0.247. The molecule has 0 radical (unpaired) electrons. The van der Waals surface area contributed by atoms with Gasteiger partial charge in [0.1, 0.15) is 17.8 Å². The summed E-state index contributed by atoms with van der Waals surface area (Å²) < 4.78 is 4.61. The lowest BCUT2D eigenvalue weighted by molar-refractivity contribution is 0.102. The molecule has 2 N–H and O–H groups in total. The Kier molecular flexibility index (Phi) is 3.34. The average Bonchev–Trinajstić information content (AvgIpc) is 2.83. The molecule has 0 saturated heterocycles. The SMILES string of the molecule is CCNc1ccc(C(=O)Nc2cnoc2)cn1. The van der Waals surface area contributed by atoms with Crippen molar-refractivity contribution >= 4 is 17.4 Å². The number of carbonyl (C=O) groups is 1. The largest absolute Gasteiger partial charge is 0.370 e. The summed E-state index contributed by atoms with van der Waals surface area (Å²) in [6.07, 6.45) is 4.30. The number of rotatable bonds is 4. The number of nitrogens with zero attached hydrogens (tertiary/aromatic N) is 2. The Balaban J connectivity index is 2.04. The Labute approximate surface area is 98.0 Å². The van der Waals surface area contributed by atoms with Gasteiger partial charge < -0.3 is 15.2 Å². The second-order valence-corrected chi connectivity index (χ2v) is 3.33. The van der Waals surface area contributed by atoms with Crippen LogP contribution in [0.1, 0.15) is 17.3 Å². The van der Waals surface area contributed by atoms with E-state index < -0.39 is 0 Å². The Morgan fingerprint density at radius 3 is 2.88 bits per heavy atom. The van der Waals surface area contributed by atoms with E-state index >= 15 is 0 Å². The normalized spacial score (nSPS) is 9.94. The lowest BCUT2D eigenvalue weighted by Crippen LogP contribution is -2.12. The van der Waals surface area contributed by atoms with Gasteiger partial charge in [0.15, 0.2) is 0 Å². The first-order valence-electron chi connectivity index (χ1n) is 5.20. The highest BCUT2D eigenvalue weighted by atomic mass is 16.5. The van der Waals surface area contributed by atoms with E-state index in [0.717, 1.165) is 12.4 Å². The van der Waals surface area contributed by atoms with Crippen LogP contribution in [0.15, 0.2) is 35.3 Å². The van der Waals surface area contributed by atoms with Crippen LogP contribution < -0.4 is 10.6 Å². The fraction of sp³-hybridized carbons (Fsp3) is 0.182. The van der Waals surface area contributed by atoms with E-state index in [4.69, 9.17) is 0 Å². The molecule has 88 valence electrons. The van der Waals surface area contributed by atoms with Crippen LogP contribution in [0.25, 0.3) is 0 Å². The highest BCUT2D eigenvalue weighted by Crippen LogP contribution is 2.09. The van der Waals surface area contributed by atoms with Crippen molar-refractivity contribution in [3.63, 3.8) is 0 Å². The maximum atomic E-state index is 11.7. The van der Waals surface area contributed by atoms with E-state index in [1.165, 1.54) is 18.7 Å². The first kappa shape index (κ1) is 11.1. The van der Waals surface area contributed by atoms with Gasteiger partial charge in [0.05, 0.1) is 11.8 Å². The van der Waals surface area contributed by atoms with E-state index in [2.05, 4.69) is 25.3 Å². The molecule has 2 aromatic heterocycles. The zero-order valence-electron chi connectivity index (χ0n) is 9.30. The van der Waals surface area contributed by atoms with Crippen molar-refractivity contribution < 1.29 is 9.32 Å². The maximum absolute atomic E-state index is 11.7. The molecule has 0 aliphatic rings. The first-order chi connectivity index (χ1) is 8.29. The molecule has 0 aliphatic heterocycles. The number of hydrogen-bond acceptors (Lipinski definition) is 5. The molecule has 2 aromatic rings. The molecule has 0 spiro atoms. The van der Waals surface area contributed by atoms with Gasteiger partial charge in [-0.3, -0.25) is 4.79 Å². The smallest absolute Gasteiger partial charge is 0.257 e. The number of nitrogens with one attached hydrogen (secondary N) is 2. The van der Waals surface area contributed by atoms with Crippen molar-refractivity contribution in [2.24, 2.45) is 0 Å². The van der Waals surface area contributed by atoms with E-state index in [1.54, 1.807) is 12.1 Å². The number of amides is 1. The van der Waals surface area contributed by atoms with Gasteiger partial charge in [-0.15, -0.1) is 0 Å². The molecule has 6 nitrogen and oxygen atoms in total. The molecule has 6 heteroatoms. The highest BCUT2D eigenvalue weighted by Gasteiger charge is 2.07. The second-order valence-electron chi connectivity index (χ2n) is 3.33. The molecule has 1 amide bonds. The average molecular weight is 232 g/mol. The van der Waals surface area contributed by atoms with Crippen molar-refractivity contribution in [3.05, 3.63) is 36.4 Å². The zero-order chi connectivity index (χ0) is 12.1. The van der Waals surface area contributed by atoms with Crippen LogP contribution in [0.3, 0.4) is 0 Å². The molecule has 0 aromatic carbocycles. The monoisotopic (exact) mass is 232 g/mol. The van der Waals surface area contributed by atoms with Gasteiger partial charge in [0, 0.05) is 12.7 Å². The molecule has 0 aliphatic carbocycles. The van der Waals surface area contributed by atoms with Crippen LogP contribution in [0, 0.1) is 0 Å². The van der Waals surface area contributed by atoms with Gasteiger partial charge in [-0.05, 0) is 19.1 Å². The van der Waals surface area contributed by atoms with Crippen molar-refractivity contribution in [1.29, 1.82) is 0 Å². The first-order valence-corrected chi connectivity index (χ1v) is 5.20. The van der Waals surface area contributed by atoms with Gasteiger partial charge in [-0.25, -0.2) is 4.98 Å². The molecular weight excluding hydrogens is 220 g/mol. The standard InChI is InChI=1S/C11H12N4O2/c1-2-12-10-4-3-8(5-13-10)11(16)15-9-6-14-17-7-9/h3-7H,2H2,1H3,(H,12,13)(H,15,16). The minimum Gasteiger partial charge on any atom is -0.370 e. The minimum atomic E-state index is -0.247. The summed E-state index contributed by atoms with van der Waals surface area (Å²) in [6, 6.07) is 3.46. The number of carbonyl (C=O) groups excluding carboxylic acids is 1. The van der Waals surface area contributed by atoms with E-state index in [-0.39, 0.29) is 5.91 Å². The summed E-state index contributed by atoms with van der Waals surface area (Å²) in [6.45, 7) is 2.77. The molecule has 0 fully saturated rings. The summed E-state index contributed by atoms with van der Waals surface area (Å²) in [7, 11) is 0. The molecular formula is C11H12N4O2. The van der Waals surface area contributed by atoms with Gasteiger partial charge in [-0.1, -0.05) is 5.16 Å². The van der Waals surface area contributed by atoms with Gasteiger partial charge in [0.2, 0.25) is 0 Å². The van der Waals surface area contributed by atoms with E-state index in [0.29, 0.717) is 11.3 Å². The van der Waals surface area contributed by atoms with Crippen molar-refractivity contribution in [2.75, 3.05) is 17.2 Å². The third-order valence-corrected chi connectivity index (χ3v) is 2.07.